The third-order valence-corrected chi connectivity index (χ3v) is 6.30. The SMILES string of the molecule is COc1ccc(S(=O)(=O)N=c2sc3cc(Cl)cc(C)c3n2C)cc1. The van der Waals surface area contributed by atoms with Gasteiger partial charge in [-0.1, -0.05) is 22.9 Å². The highest BCUT2D eigenvalue weighted by Crippen LogP contribution is 2.25. The molecule has 0 N–H and O–H groups in total. The number of aryl methyl sites for hydroxylation is 2. The Hall–Kier alpha value is -1.83. The summed E-state index contributed by atoms with van der Waals surface area (Å²) >= 11 is 7.37. The second-order valence-corrected chi connectivity index (χ2v) is 8.30. The molecule has 5 nitrogen and oxygen atoms in total. The fraction of sp³-hybridized carbons (Fsp3) is 0.188. The van der Waals surface area contributed by atoms with Crippen molar-refractivity contribution in [1.82, 2.24) is 4.57 Å². The summed E-state index contributed by atoms with van der Waals surface area (Å²) in [5.41, 5.74) is 1.90. The number of hydrogen-bond donors (Lipinski definition) is 0. The number of benzene rings is 2. The monoisotopic (exact) mass is 382 g/mol. The van der Waals surface area contributed by atoms with Crippen LogP contribution in [0.25, 0.3) is 10.2 Å². The number of ether oxygens (including phenoxy) is 1. The molecule has 0 bridgehead atoms. The molecule has 126 valence electrons. The number of methoxy groups -OCH3 is 1. The molecule has 0 unspecified atom stereocenters. The van der Waals surface area contributed by atoms with Crippen LogP contribution in [-0.2, 0) is 17.1 Å². The van der Waals surface area contributed by atoms with E-state index in [1.165, 1.54) is 30.6 Å². The Morgan fingerprint density at radius 2 is 1.88 bits per heavy atom. The van der Waals surface area contributed by atoms with E-state index in [-0.39, 0.29) is 4.90 Å². The molecule has 0 spiro atoms. The Morgan fingerprint density at radius 1 is 1.21 bits per heavy atom. The Labute approximate surface area is 148 Å². The molecule has 0 atom stereocenters. The van der Waals surface area contributed by atoms with Gasteiger partial charge in [0.25, 0.3) is 10.0 Å². The average molecular weight is 383 g/mol. The van der Waals surface area contributed by atoms with E-state index in [1.807, 2.05) is 19.1 Å². The molecule has 0 saturated carbocycles. The van der Waals surface area contributed by atoms with Crippen molar-refractivity contribution >= 4 is 43.2 Å². The van der Waals surface area contributed by atoms with Gasteiger partial charge < -0.3 is 9.30 Å². The molecule has 1 aromatic heterocycles. The minimum atomic E-state index is -3.81. The third kappa shape index (κ3) is 3.07. The van der Waals surface area contributed by atoms with Crippen molar-refractivity contribution in [2.75, 3.05) is 7.11 Å². The molecule has 8 heteroatoms. The van der Waals surface area contributed by atoms with Crippen LogP contribution in [0.4, 0.5) is 0 Å². The lowest BCUT2D eigenvalue weighted by Gasteiger charge is -2.02. The highest BCUT2D eigenvalue weighted by Gasteiger charge is 2.15. The smallest absolute Gasteiger partial charge is 0.285 e. The topological polar surface area (TPSA) is 60.7 Å². The lowest BCUT2D eigenvalue weighted by atomic mass is 10.2. The maximum Gasteiger partial charge on any atom is 0.285 e. The van der Waals surface area contributed by atoms with Gasteiger partial charge in [0, 0.05) is 12.1 Å². The van der Waals surface area contributed by atoms with Gasteiger partial charge in [0.1, 0.15) is 5.75 Å². The Bertz CT molecular complexity index is 1080. The first-order chi connectivity index (χ1) is 11.3. The molecule has 0 amide bonds. The molecule has 3 aromatic rings. The molecular weight excluding hydrogens is 368 g/mol. The standard InChI is InChI=1S/C16H15ClN2O3S2/c1-10-8-11(17)9-14-15(10)19(2)16(23-14)18-24(20,21)13-6-4-12(22-3)5-7-13/h4-9H,1-3H3. The van der Waals surface area contributed by atoms with E-state index in [1.54, 1.807) is 23.7 Å². The van der Waals surface area contributed by atoms with Gasteiger partial charge in [-0.15, -0.1) is 4.40 Å². The fourth-order valence-electron chi connectivity index (χ4n) is 2.46. The van der Waals surface area contributed by atoms with Crippen molar-refractivity contribution in [3.8, 4) is 5.75 Å². The number of nitrogens with zero attached hydrogens (tertiary/aromatic N) is 2. The predicted molar refractivity (Wildman–Crippen MR) is 96.3 cm³/mol. The van der Waals surface area contributed by atoms with E-state index < -0.39 is 10.0 Å². The molecule has 0 fully saturated rings. The van der Waals surface area contributed by atoms with Crippen LogP contribution in [0.5, 0.6) is 5.75 Å². The summed E-state index contributed by atoms with van der Waals surface area (Å²) in [6, 6.07) is 9.81. The van der Waals surface area contributed by atoms with Gasteiger partial charge in [-0.2, -0.15) is 8.42 Å². The van der Waals surface area contributed by atoms with Gasteiger partial charge in [-0.3, -0.25) is 0 Å². The molecule has 0 aliphatic carbocycles. The Morgan fingerprint density at radius 3 is 2.50 bits per heavy atom. The van der Waals surface area contributed by atoms with Crippen molar-refractivity contribution in [2.24, 2.45) is 11.4 Å². The van der Waals surface area contributed by atoms with Gasteiger partial charge in [-0.25, -0.2) is 0 Å². The average Bonchev–Trinajstić information content (AvgIpc) is 2.82. The van der Waals surface area contributed by atoms with Crippen LogP contribution in [0, 0.1) is 6.92 Å². The first-order valence-corrected chi connectivity index (χ1v) is 9.66. The van der Waals surface area contributed by atoms with E-state index >= 15 is 0 Å². The van der Waals surface area contributed by atoms with E-state index in [4.69, 9.17) is 16.3 Å². The lowest BCUT2D eigenvalue weighted by Crippen LogP contribution is -2.14. The summed E-state index contributed by atoms with van der Waals surface area (Å²) in [7, 11) is -0.485. The minimum Gasteiger partial charge on any atom is -0.497 e. The Kier molecular flexibility index (Phi) is 4.42. The van der Waals surface area contributed by atoms with Crippen LogP contribution >= 0.6 is 22.9 Å². The number of hydrogen-bond acceptors (Lipinski definition) is 4. The summed E-state index contributed by atoms with van der Waals surface area (Å²) in [5.74, 6) is 0.589. The number of halogens is 1. The molecule has 24 heavy (non-hydrogen) atoms. The van der Waals surface area contributed by atoms with E-state index in [0.717, 1.165) is 15.8 Å². The van der Waals surface area contributed by atoms with Crippen molar-refractivity contribution in [2.45, 2.75) is 11.8 Å². The molecule has 0 aliphatic rings. The first-order valence-electron chi connectivity index (χ1n) is 7.02. The largest absolute Gasteiger partial charge is 0.497 e. The predicted octanol–water partition coefficient (Wildman–Crippen LogP) is 3.50. The van der Waals surface area contributed by atoms with Crippen LogP contribution in [0.2, 0.25) is 5.02 Å². The zero-order valence-corrected chi connectivity index (χ0v) is 15.7. The summed E-state index contributed by atoms with van der Waals surface area (Å²) in [6.07, 6.45) is 0. The van der Waals surface area contributed by atoms with Crippen LogP contribution in [0.15, 0.2) is 45.7 Å². The maximum atomic E-state index is 12.5. The van der Waals surface area contributed by atoms with Gasteiger partial charge >= 0.3 is 0 Å². The van der Waals surface area contributed by atoms with Gasteiger partial charge in [0.15, 0.2) is 0 Å². The zero-order valence-electron chi connectivity index (χ0n) is 13.3. The van der Waals surface area contributed by atoms with Gasteiger partial charge in [0.2, 0.25) is 4.80 Å². The number of thiazole rings is 1. The van der Waals surface area contributed by atoms with Gasteiger partial charge in [0.05, 0.1) is 22.2 Å². The normalized spacial score (nSPS) is 12.8. The number of fused-ring (bicyclic) bond motifs is 1. The maximum absolute atomic E-state index is 12.5. The highest BCUT2D eigenvalue weighted by molar-refractivity contribution is 7.90. The summed E-state index contributed by atoms with van der Waals surface area (Å²) < 4.78 is 36.8. The number of sulfonamides is 1. The Balaban J connectivity index is 2.18. The van der Waals surface area contributed by atoms with Crippen molar-refractivity contribution in [3.63, 3.8) is 0 Å². The van der Waals surface area contributed by atoms with Crippen molar-refractivity contribution in [1.29, 1.82) is 0 Å². The van der Waals surface area contributed by atoms with E-state index in [2.05, 4.69) is 4.40 Å². The van der Waals surface area contributed by atoms with Crippen molar-refractivity contribution in [3.05, 3.63) is 51.8 Å². The zero-order chi connectivity index (χ0) is 17.5. The summed E-state index contributed by atoms with van der Waals surface area (Å²) in [4.78, 5) is 0.515. The molecular formula is C16H15ClN2O3S2. The summed E-state index contributed by atoms with van der Waals surface area (Å²) in [5, 5.41) is 0.617. The molecule has 2 aromatic carbocycles. The number of rotatable bonds is 3. The second kappa shape index (κ2) is 6.23. The van der Waals surface area contributed by atoms with E-state index in [0.29, 0.717) is 15.6 Å². The fourth-order valence-corrected chi connectivity index (χ4v) is 5.16. The van der Waals surface area contributed by atoms with Crippen LogP contribution < -0.4 is 9.54 Å². The molecule has 3 rings (SSSR count). The second-order valence-electron chi connectivity index (χ2n) is 5.25. The van der Waals surface area contributed by atoms with Gasteiger partial charge in [-0.05, 0) is 48.9 Å². The molecule has 0 radical (unpaired) electrons. The van der Waals surface area contributed by atoms with Crippen LogP contribution in [0.1, 0.15) is 5.56 Å². The molecule has 0 saturated heterocycles. The first kappa shape index (κ1) is 17.0. The van der Waals surface area contributed by atoms with E-state index in [9.17, 15) is 8.42 Å². The van der Waals surface area contributed by atoms with Crippen LogP contribution in [-0.4, -0.2) is 20.1 Å². The summed E-state index contributed by atoms with van der Waals surface area (Å²) in [6.45, 7) is 1.93. The lowest BCUT2D eigenvalue weighted by molar-refractivity contribution is 0.414. The highest BCUT2D eigenvalue weighted by atomic mass is 35.5. The van der Waals surface area contributed by atoms with Crippen LogP contribution in [0.3, 0.4) is 0 Å². The number of aromatic nitrogens is 1. The quantitative estimate of drug-likeness (QED) is 0.696. The third-order valence-electron chi connectivity index (χ3n) is 3.61. The molecule has 1 heterocycles. The molecule has 0 aliphatic heterocycles. The minimum absolute atomic E-state index is 0.121. The van der Waals surface area contributed by atoms with Crippen molar-refractivity contribution < 1.29 is 13.2 Å².